The van der Waals surface area contributed by atoms with Crippen LogP contribution in [0.25, 0.3) is 0 Å². The fourth-order valence-electron chi connectivity index (χ4n) is 0.904. The Kier molecular flexibility index (Phi) is 1.18. The molecular weight excluding hydrogens is 160 g/mol. The van der Waals surface area contributed by atoms with E-state index in [2.05, 4.69) is 15.0 Å². The van der Waals surface area contributed by atoms with Crippen LogP contribution >= 0.6 is 0 Å². The summed E-state index contributed by atoms with van der Waals surface area (Å²) in [5.41, 5.74) is 0.136. The summed E-state index contributed by atoms with van der Waals surface area (Å²) in [6, 6.07) is -0.604. The predicted octanol–water partition coefficient (Wildman–Crippen LogP) is -0.540. The Morgan fingerprint density at radius 1 is 1.42 bits per heavy atom. The molecule has 0 spiro atoms. The zero-order chi connectivity index (χ0) is 8.72. The second-order valence-electron chi connectivity index (χ2n) is 2.30. The van der Waals surface area contributed by atoms with Gasteiger partial charge in [0.1, 0.15) is 6.34 Å². The number of urea groups is 1. The molecule has 0 radical (unpaired) electrons. The minimum atomic E-state index is -0.604. The number of hydrogen-bond donors (Lipinski definition) is 0. The average molecular weight is 164 g/mol. The van der Waals surface area contributed by atoms with Gasteiger partial charge in [0.2, 0.25) is 0 Å². The Hall–Kier alpha value is -1.85. The highest BCUT2D eigenvalue weighted by Crippen LogP contribution is 2.07. The molecule has 2 heterocycles. The van der Waals surface area contributed by atoms with Crippen molar-refractivity contribution in [2.75, 3.05) is 7.05 Å². The molecule has 2 rings (SSSR count). The Bertz CT molecular complexity index is 366. The maximum atomic E-state index is 11.2. The molecule has 0 fully saturated rings. The normalized spacial score (nSPS) is 20.9. The predicted molar refractivity (Wildman–Crippen MR) is 41.5 cm³/mol. The van der Waals surface area contributed by atoms with Gasteiger partial charge in [-0.15, -0.1) is 0 Å². The number of rotatable bonds is 0. The molecule has 0 saturated heterocycles. The number of carbonyl (C=O) groups is 2. The van der Waals surface area contributed by atoms with E-state index in [1.807, 2.05) is 0 Å². The number of fused-ring (bicyclic) bond motifs is 1. The molecule has 0 aliphatic carbocycles. The first-order valence-corrected chi connectivity index (χ1v) is 3.21. The van der Waals surface area contributed by atoms with Gasteiger partial charge in [0, 0.05) is 7.05 Å². The van der Waals surface area contributed by atoms with E-state index < -0.39 is 11.9 Å². The minimum Gasteiger partial charge on any atom is -0.267 e. The highest BCUT2D eigenvalue weighted by molar-refractivity contribution is 6.71. The molecule has 6 heteroatoms. The summed E-state index contributed by atoms with van der Waals surface area (Å²) in [5, 5.41) is 0. The third kappa shape index (κ3) is 0.714. The van der Waals surface area contributed by atoms with Crippen LogP contribution in [-0.2, 0) is 4.79 Å². The van der Waals surface area contributed by atoms with E-state index in [9.17, 15) is 9.59 Å². The van der Waals surface area contributed by atoms with Crippen molar-refractivity contribution < 1.29 is 9.59 Å². The SMILES string of the molecule is CN1C(=O)N=C2N=CN=C2C1=O. The molecule has 0 aromatic carbocycles. The second kappa shape index (κ2) is 2.07. The first-order chi connectivity index (χ1) is 5.70. The summed E-state index contributed by atoms with van der Waals surface area (Å²) < 4.78 is 0. The lowest BCUT2D eigenvalue weighted by molar-refractivity contribution is -0.120. The third-order valence-corrected chi connectivity index (χ3v) is 1.57. The van der Waals surface area contributed by atoms with Crippen molar-refractivity contribution in [1.29, 1.82) is 0 Å². The van der Waals surface area contributed by atoms with Gasteiger partial charge in [-0.25, -0.2) is 14.8 Å². The zero-order valence-corrected chi connectivity index (χ0v) is 6.18. The quantitative estimate of drug-likeness (QED) is 0.482. The van der Waals surface area contributed by atoms with E-state index in [-0.39, 0.29) is 11.5 Å². The molecule has 2 aliphatic rings. The average Bonchev–Trinajstić information content (AvgIpc) is 2.48. The van der Waals surface area contributed by atoms with Crippen molar-refractivity contribution in [3.63, 3.8) is 0 Å². The Morgan fingerprint density at radius 2 is 2.17 bits per heavy atom. The number of aliphatic imine (C=N–C) groups is 3. The van der Waals surface area contributed by atoms with Crippen LogP contribution in [0.3, 0.4) is 0 Å². The Labute approximate surface area is 67.3 Å². The molecule has 0 saturated carbocycles. The number of imide groups is 1. The van der Waals surface area contributed by atoms with Gasteiger partial charge in [-0.3, -0.25) is 9.69 Å². The minimum absolute atomic E-state index is 0.114. The maximum Gasteiger partial charge on any atom is 0.352 e. The molecule has 6 nitrogen and oxygen atoms in total. The lowest BCUT2D eigenvalue weighted by Gasteiger charge is -2.15. The molecule has 0 atom stereocenters. The van der Waals surface area contributed by atoms with E-state index in [0.717, 1.165) is 4.90 Å². The van der Waals surface area contributed by atoms with Crippen LogP contribution in [0.2, 0.25) is 0 Å². The van der Waals surface area contributed by atoms with Crippen LogP contribution in [0, 0.1) is 0 Å². The number of hydrogen-bond acceptors (Lipinski definition) is 4. The summed E-state index contributed by atoms with van der Waals surface area (Å²) in [6.07, 6.45) is 1.21. The van der Waals surface area contributed by atoms with Gasteiger partial charge < -0.3 is 0 Å². The Balaban J connectivity index is 2.54. The largest absolute Gasteiger partial charge is 0.352 e. The van der Waals surface area contributed by atoms with Gasteiger partial charge in [0.05, 0.1) is 0 Å². The van der Waals surface area contributed by atoms with Crippen LogP contribution in [0.5, 0.6) is 0 Å². The van der Waals surface area contributed by atoms with E-state index in [4.69, 9.17) is 0 Å². The molecule has 60 valence electrons. The fraction of sp³-hybridized carbons (Fsp3) is 0.167. The molecule has 0 aromatic rings. The molecule has 3 amide bonds. The van der Waals surface area contributed by atoms with Crippen molar-refractivity contribution in [2.45, 2.75) is 0 Å². The number of carbonyl (C=O) groups excluding carboxylic acids is 2. The van der Waals surface area contributed by atoms with Crippen LogP contribution < -0.4 is 0 Å². The highest BCUT2D eigenvalue weighted by atomic mass is 16.2. The van der Waals surface area contributed by atoms with Gasteiger partial charge in [-0.2, -0.15) is 4.99 Å². The summed E-state index contributed by atoms with van der Waals surface area (Å²) in [7, 11) is 1.35. The van der Waals surface area contributed by atoms with Gasteiger partial charge >= 0.3 is 6.03 Å². The summed E-state index contributed by atoms with van der Waals surface area (Å²) in [5.74, 6) is -0.342. The van der Waals surface area contributed by atoms with E-state index in [1.165, 1.54) is 13.4 Å². The topological polar surface area (TPSA) is 74.5 Å². The van der Waals surface area contributed by atoms with E-state index in [1.54, 1.807) is 0 Å². The first kappa shape index (κ1) is 6.84. The summed E-state index contributed by atoms with van der Waals surface area (Å²) in [4.78, 5) is 33.9. The highest BCUT2D eigenvalue weighted by Gasteiger charge is 2.32. The van der Waals surface area contributed by atoms with E-state index in [0.29, 0.717) is 0 Å². The number of nitrogens with zero attached hydrogens (tertiary/aromatic N) is 4. The molecule has 12 heavy (non-hydrogen) atoms. The first-order valence-electron chi connectivity index (χ1n) is 3.21. The Morgan fingerprint density at radius 3 is 2.92 bits per heavy atom. The van der Waals surface area contributed by atoms with Crippen molar-refractivity contribution in [1.82, 2.24) is 4.90 Å². The number of amides is 3. The third-order valence-electron chi connectivity index (χ3n) is 1.57. The van der Waals surface area contributed by atoms with Crippen molar-refractivity contribution >= 4 is 29.8 Å². The molecule has 0 aromatic heterocycles. The van der Waals surface area contributed by atoms with Crippen molar-refractivity contribution in [3.05, 3.63) is 0 Å². The van der Waals surface area contributed by atoms with Crippen LogP contribution in [-0.4, -0.2) is 41.8 Å². The summed E-state index contributed by atoms with van der Waals surface area (Å²) in [6.45, 7) is 0. The van der Waals surface area contributed by atoms with Gasteiger partial charge in [-0.1, -0.05) is 0 Å². The van der Waals surface area contributed by atoms with Crippen molar-refractivity contribution in [3.8, 4) is 0 Å². The summed E-state index contributed by atoms with van der Waals surface area (Å²) >= 11 is 0. The van der Waals surface area contributed by atoms with Gasteiger partial charge in [-0.05, 0) is 0 Å². The molecule has 0 unspecified atom stereocenters. The lowest BCUT2D eigenvalue weighted by Crippen LogP contribution is -2.43. The van der Waals surface area contributed by atoms with E-state index >= 15 is 0 Å². The molecule has 2 aliphatic heterocycles. The van der Waals surface area contributed by atoms with Crippen molar-refractivity contribution in [2.24, 2.45) is 15.0 Å². The fourth-order valence-corrected chi connectivity index (χ4v) is 0.904. The number of amidine groups is 1. The lowest BCUT2D eigenvalue weighted by atomic mass is 10.3. The van der Waals surface area contributed by atoms with Crippen LogP contribution in [0.15, 0.2) is 15.0 Å². The maximum absolute atomic E-state index is 11.2. The smallest absolute Gasteiger partial charge is 0.267 e. The monoisotopic (exact) mass is 164 g/mol. The van der Waals surface area contributed by atoms with Crippen LogP contribution in [0.4, 0.5) is 4.79 Å². The molecular formula is C6H4N4O2. The zero-order valence-electron chi connectivity index (χ0n) is 6.18. The second-order valence-corrected chi connectivity index (χ2v) is 2.30. The standard InChI is InChI=1S/C6H4N4O2/c1-10-5(11)3-4(8-2-7-3)9-6(10)12/h2H,1H3. The molecule has 0 bridgehead atoms. The molecule has 0 N–H and O–H groups in total. The van der Waals surface area contributed by atoms with Gasteiger partial charge in [0.15, 0.2) is 11.5 Å². The van der Waals surface area contributed by atoms with Crippen LogP contribution in [0.1, 0.15) is 0 Å². The van der Waals surface area contributed by atoms with Gasteiger partial charge in [0.25, 0.3) is 5.91 Å².